The fraction of sp³-hybridized carbons (Fsp3) is 0.0556. The van der Waals surface area contributed by atoms with Crippen LogP contribution < -0.4 is 0 Å². The van der Waals surface area contributed by atoms with Crippen LogP contribution in [0.4, 0.5) is 0 Å². The average Bonchev–Trinajstić information content (AvgIpc) is 2.50. The maximum Gasteiger partial charge on any atom is 0.167 e. The van der Waals surface area contributed by atoms with Crippen LogP contribution in [0.3, 0.4) is 0 Å². The smallest absolute Gasteiger partial charge is 0.167 e. The Morgan fingerprint density at radius 1 is 0.810 bits per heavy atom. The number of hydrogen-bond donors (Lipinski definition) is 0. The number of benzene rings is 3. The van der Waals surface area contributed by atoms with E-state index < -0.39 is 0 Å². The monoisotopic (exact) mass is 314 g/mol. The molecule has 3 aromatic rings. The van der Waals surface area contributed by atoms with E-state index in [2.05, 4.69) is 0 Å². The van der Waals surface area contributed by atoms with E-state index in [1.165, 1.54) is 0 Å². The van der Waals surface area contributed by atoms with E-state index in [4.69, 9.17) is 23.2 Å². The lowest BCUT2D eigenvalue weighted by Gasteiger charge is -2.07. The zero-order valence-corrected chi connectivity index (χ0v) is 12.7. The van der Waals surface area contributed by atoms with Crippen LogP contribution >= 0.6 is 23.2 Å². The van der Waals surface area contributed by atoms with Crippen molar-refractivity contribution < 1.29 is 4.79 Å². The minimum atomic E-state index is 0.0742. The molecule has 0 fully saturated rings. The van der Waals surface area contributed by atoms with Crippen LogP contribution in [0.1, 0.15) is 15.9 Å². The van der Waals surface area contributed by atoms with Gasteiger partial charge in [-0.15, -0.1) is 0 Å². The van der Waals surface area contributed by atoms with Crippen molar-refractivity contribution >= 4 is 39.8 Å². The summed E-state index contributed by atoms with van der Waals surface area (Å²) in [5.41, 5.74) is 1.65. The predicted molar refractivity (Wildman–Crippen MR) is 88.4 cm³/mol. The Kier molecular flexibility index (Phi) is 3.96. The van der Waals surface area contributed by atoms with Gasteiger partial charge >= 0.3 is 0 Å². The van der Waals surface area contributed by atoms with Gasteiger partial charge in [0.2, 0.25) is 0 Å². The molecule has 0 unspecified atom stereocenters. The predicted octanol–water partition coefficient (Wildman–Crippen LogP) is 5.57. The lowest BCUT2D eigenvalue weighted by atomic mass is 9.97. The third-order valence-corrected chi connectivity index (χ3v) is 4.03. The average molecular weight is 315 g/mol. The van der Waals surface area contributed by atoms with Crippen molar-refractivity contribution in [1.29, 1.82) is 0 Å². The van der Waals surface area contributed by atoms with Gasteiger partial charge in [0.05, 0.1) is 0 Å². The molecule has 0 radical (unpaired) electrons. The molecule has 21 heavy (non-hydrogen) atoms. The zero-order valence-electron chi connectivity index (χ0n) is 11.1. The van der Waals surface area contributed by atoms with Crippen LogP contribution in [-0.2, 0) is 6.42 Å². The van der Waals surface area contributed by atoms with E-state index >= 15 is 0 Å². The molecule has 3 heteroatoms. The summed E-state index contributed by atoms with van der Waals surface area (Å²) in [6.45, 7) is 0. The number of ketones is 1. The van der Waals surface area contributed by atoms with E-state index in [0.717, 1.165) is 16.3 Å². The van der Waals surface area contributed by atoms with Crippen LogP contribution in [0, 0.1) is 0 Å². The van der Waals surface area contributed by atoms with Crippen molar-refractivity contribution in [3.8, 4) is 0 Å². The van der Waals surface area contributed by atoms with Crippen molar-refractivity contribution in [3.63, 3.8) is 0 Å². The summed E-state index contributed by atoms with van der Waals surface area (Å²) >= 11 is 12.0. The number of carbonyl (C=O) groups is 1. The fourth-order valence-corrected chi connectivity index (χ4v) is 2.74. The summed E-state index contributed by atoms with van der Waals surface area (Å²) < 4.78 is 0. The summed E-state index contributed by atoms with van der Waals surface area (Å²) in [7, 11) is 0. The van der Waals surface area contributed by atoms with Crippen LogP contribution in [0.15, 0.2) is 60.7 Å². The molecule has 3 aromatic carbocycles. The third kappa shape index (κ3) is 2.94. The molecule has 0 atom stereocenters. The summed E-state index contributed by atoms with van der Waals surface area (Å²) in [6, 6.07) is 18.6. The van der Waals surface area contributed by atoms with Crippen molar-refractivity contribution in [1.82, 2.24) is 0 Å². The number of Topliss-reactive ketones (excluding diaryl/α,β-unsaturated/α-hetero) is 1. The highest BCUT2D eigenvalue weighted by atomic mass is 35.5. The Labute approximate surface area is 133 Å². The van der Waals surface area contributed by atoms with Crippen LogP contribution in [-0.4, -0.2) is 5.78 Å². The largest absolute Gasteiger partial charge is 0.294 e. The molecule has 0 saturated carbocycles. The molecule has 0 N–H and O–H groups in total. The quantitative estimate of drug-likeness (QED) is 0.577. The zero-order chi connectivity index (χ0) is 14.8. The molecule has 0 aliphatic carbocycles. The highest BCUT2D eigenvalue weighted by Crippen LogP contribution is 2.27. The molecule has 1 nitrogen and oxygen atoms in total. The van der Waals surface area contributed by atoms with Gasteiger partial charge in [-0.25, -0.2) is 0 Å². The van der Waals surface area contributed by atoms with Gasteiger partial charge in [-0.3, -0.25) is 4.79 Å². The van der Waals surface area contributed by atoms with Crippen molar-refractivity contribution in [2.45, 2.75) is 6.42 Å². The Morgan fingerprint density at radius 3 is 2.19 bits per heavy atom. The molecule has 104 valence electrons. The van der Waals surface area contributed by atoms with Crippen molar-refractivity contribution in [2.75, 3.05) is 0 Å². The molecular weight excluding hydrogens is 303 g/mol. The van der Waals surface area contributed by atoms with E-state index in [9.17, 15) is 4.79 Å². The molecule has 3 rings (SSSR count). The second kappa shape index (κ2) is 5.88. The minimum absolute atomic E-state index is 0.0742. The summed E-state index contributed by atoms with van der Waals surface area (Å²) in [6.07, 6.45) is 0.350. The van der Waals surface area contributed by atoms with Gasteiger partial charge in [-0.2, -0.15) is 0 Å². The van der Waals surface area contributed by atoms with Gasteiger partial charge in [-0.1, -0.05) is 59.6 Å². The highest BCUT2D eigenvalue weighted by molar-refractivity contribution is 6.36. The molecule has 0 heterocycles. The molecule has 0 aliphatic rings. The van der Waals surface area contributed by atoms with Crippen LogP contribution in [0.5, 0.6) is 0 Å². The van der Waals surface area contributed by atoms with Crippen molar-refractivity contribution in [3.05, 3.63) is 81.8 Å². The first-order valence-electron chi connectivity index (χ1n) is 6.60. The topological polar surface area (TPSA) is 17.1 Å². The van der Waals surface area contributed by atoms with Gasteiger partial charge < -0.3 is 0 Å². The number of fused-ring (bicyclic) bond motifs is 1. The van der Waals surface area contributed by atoms with Gasteiger partial charge in [0.15, 0.2) is 5.78 Å². The number of hydrogen-bond acceptors (Lipinski definition) is 1. The van der Waals surface area contributed by atoms with Gasteiger partial charge in [-0.05, 0) is 35.2 Å². The van der Waals surface area contributed by atoms with Gasteiger partial charge in [0.1, 0.15) is 0 Å². The van der Waals surface area contributed by atoms with Crippen LogP contribution in [0.25, 0.3) is 10.8 Å². The number of carbonyl (C=O) groups excluding carboxylic acids is 1. The standard InChI is InChI=1S/C18H12Cl2O/c19-13-7-5-12(6-8-13)11-18(21)16-9-10-17(20)15-4-2-1-3-14(15)16/h1-10H,11H2. The Balaban J connectivity index is 1.98. The Hall–Kier alpha value is -1.83. The lowest BCUT2D eigenvalue weighted by molar-refractivity contribution is 0.0994. The van der Waals surface area contributed by atoms with E-state index in [1.807, 2.05) is 36.4 Å². The maximum atomic E-state index is 12.5. The summed E-state index contributed by atoms with van der Waals surface area (Å²) in [4.78, 5) is 12.5. The number of rotatable bonds is 3. The minimum Gasteiger partial charge on any atom is -0.294 e. The Bertz CT molecular complexity index is 807. The highest BCUT2D eigenvalue weighted by Gasteiger charge is 2.12. The normalized spacial score (nSPS) is 10.8. The summed E-state index contributed by atoms with van der Waals surface area (Å²) in [5.74, 6) is 0.0742. The molecule has 0 bridgehead atoms. The second-order valence-corrected chi connectivity index (χ2v) is 5.71. The Morgan fingerprint density at radius 2 is 1.48 bits per heavy atom. The molecule has 0 amide bonds. The molecular formula is C18H12Cl2O. The van der Waals surface area contributed by atoms with E-state index in [-0.39, 0.29) is 5.78 Å². The molecule has 0 spiro atoms. The van der Waals surface area contributed by atoms with Gasteiger partial charge in [0, 0.05) is 27.4 Å². The van der Waals surface area contributed by atoms with E-state index in [1.54, 1.807) is 24.3 Å². The van der Waals surface area contributed by atoms with Gasteiger partial charge in [0.25, 0.3) is 0 Å². The van der Waals surface area contributed by atoms with E-state index in [0.29, 0.717) is 22.0 Å². The number of halogens is 2. The molecule has 0 saturated heterocycles. The maximum absolute atomic E-state index is 12.5. The fourth-order valence-electron chi connectivity index (χ4n) is 2.39. The molecule has 0 aliphatic heterocycles. The second-order valence-electron chi connectivity index (χ2n) is 4.87. The van der Waals surface area contributed by atoms with Crippen LogP contribution in [0.2, 0.25) is 10.0 Å². The first kappa shape index (κ1) is 14.1. The first-order chi connectivity index (χ1) is 10.1. The SMILES string of the molecule is O=C(Cc1ccc(Cl)cc1)c1ccc(Cl)c2ccccc12. The summed E-state index contributed by atoms with van der Waals surface area (Å²) in [5, 5.41) is 3.13. The lowest BCUT2D eigenvalue weighted by Crippen LogP contribution is -2.04. The van der Waals surface area contributed by atoms with Crippen molar-refractivity contribution in [2.24, 2.45) is 0 Å². The third-order valence-electron chi connectivity index (χ3n) is 3.45. The molecule has 0 aromatic heterocycles. The first-order valence-corrected chi connectivity index (χ1v) is 7.35.